The number of hydrogen-bond acceptors (Lipinski definition) is 5. The zero-order chi connectivity index (χ0) is 23.8. The number of carboxylic acid groups (broad SMARTS) is 1. The fraction of sp³-hybridized carbons (Fsp3) is 0.400. The topological polar surface area (TPSA) is 116 Å². The molecular formula is C25H30N2O6. The van der Waals surface area contributed by atoms with Gasteiger partial charge in [-0.3, -0.25) is 9.59 Å². The van der Waals surface area contributed by atoms with Gasteiger partial charge in [0.05, 0.1) is 6.61 Å². The molecule has 2 aromatic carbocycles. The third-order valence-corrected chi connectivity index (χ3v) is 5.82. The van der Waals surface area contributed by atoms with Gasteiger partial charge in [-0.2, -0.15) is 0 Å². The minimum Gasteiger partial charge on any atom is -0.480 e. The van der Waals surface area contributed by atoms with Crippen LogP contribution in [0.5, 0.6) is 0 Å². The van der Waals surface area contributed by atoms with Crippen LogP contribution in [0.2, 0.25) is 0 Å². The Hall–Kier alpha value is -3.39. The minimum atomic E-state index is -1.12. The molecule has 0 heterocycles. The highest BCUT2D eigenvalue weighted by Gasteiger charge is 2.29. The van der Waals surface area contributed by atoms with E-state index in [0.29, 0.717) is 13.0 Å². The standard InChI is InChI=1S/C25H30N2O6/c1-17(14-23(29)27(12-13-28)15-24(30)31)10-11-26-25(32)33-16-22-20-8-4-2-6-18(20)19-7-3-5-9-21(19)22/h2-9,17,22,28H,10-16H2,1H3,(H,26,32)(H,30,31). The summed E-state index contributed by atoms with van der Waals surface area (Å²) in [6.07, 6.45) is 0.165. The summed E-state index contributed by atoms with van der Waals surface area (Å²) >= 11 is 0. The van der Waals surface area contributed by atoms with E-state index in [-0.39, 0.29) is 43.9 Å². The van der Waals surface area contributed by atoms with E-state index in [1.54, 1.807) is 0 Å². The molecule has 3 rings (SSSR count). The Morgan fingerprint density at radius 2 is 1.67 bits per heavy atom. The van der Waals surface area contributed by atoms with E-state index >= 15 is 0 Å². The second kappa shape index (κ2) is 11.5. The van der Waals surface area contributed by atoms with Gasteiger partial charge in [0.25, 0.3) is 0 Å². The lowest BCUT2D eigenvalue weighted by molar-refractivity contribution is -0.145. The molecule has 33 heavy (non-hydrogen) atoms. The largest absolute Gasteiger partial charge is 0.480 e. The summed E-state index contributed by atoms with van der Waals surface area (Å²) in [6.45, 7) is 1.68. The number of nitrogens with one attached hydrogen (secondary N) is 1. The Morgan fingerprint density at radius 3 is 2.24 bits per heavy atom. The van der Waals surface area contributed by atoms with Crippen LogP contribution in [0.4, 0.5) is 4.79 Å². The highest BCUT2D eigenvalue weighted by atomic mass is 16.5. The normalized spacial score (nSPS) is 13.0. The molecule has 2 amide bonds. The first-order valence-electron chi connectivity index (χ1n) is 11.1. The first-order chi connectivity index (χ1) is 15.9. The molecule has 2 aromatic rings. The molecule has 0 saturated heterocycles. The van der Waals surface area contributed by atoms with E-state index in [0.717, 1.165) is 16.0 Å². The lowest BCUT2D eigenvalue weighted by Crippen LogP contribution is -2.38. The second-order valence-corrected chi connectivity index (χ2v) is 8.28. The number of nitrogens with zero attached hydrogens (tertiary/aromatic N) is 1. The molecule has 1 aliphatic rings. The number of amides is 2. The van der Waals surface area contributed by atoms with Crippen LogP contribution in [0.25, 0.3) is 11.1 Å². The molecule has 0 fully saturated rings. The number of aliphatic carboxylic acids is 1. The third-order valence-electron chi connectivity index (χ3n) is 5.82. The zero-order valence-corrected chi connectivity index (χ0v) is 18.7. The third kappa shape index (κ3) is 6.32. The van der Waals surface area contributed by atoms with Crippen molar-refractivity contribution in [1.82, 2.24) is 10.2 Å². The van der Waals surface area contributed by atoms with Crippen molar-refractivity contribution in [2.45, 2.75) is 25.7 Å². The summed E-state index contributed by atoms with van der Waals surface area (Å²) in [7, 11) is 0. The number of hydrogen-bond donors (Lipinski definition) is 3. The van der Waals surface area contributed by atoms with Crippen LogP contribution < -0.4 is 5.32 Å². The van der Waals surface area contributed by atoms with Gasteiger partial charge in [0.15, 0.2) is 0 Å². The van der Waals surface area contributed by atoms with Crippen molar-refractivity contribution in [3.05, 3.63) is 59.7 Å². The van der Waals surface area contributed by atoms with Crippen molar-refractivity contribution in [1.29, 1.82) is 0 Å². The fourth-order valence-corrected chi connectivity index (χ4v) is 4.18. The molecule has 0 radical (unpaired) electrons. The molecular weight excluding hydrogens is 424 g/mol. The minimum absolute atomic E-state index is 0.00793. The number of carbonyl (C=O) groups excluding carboxylic acids is 2. The van der Waals surface area contributed by atoms with E-state index in [2.05, 4.69) is 29.6 Å². The maximum atomic E-state index is 12.3. The summed E-state index contributed by atoms with van der Waals surface area (Å²) in [4.78, 5) is 36.5. The molecule has 3 N–H and O–H groups in total. The quantitative estimate of drug-likeness (QED) is 0.481. The molecule has 1 atom stereocenters. The molecule has 0 aromatic heterocycles. The number of benzene rings is 2. The predicted octanol–water partition coefficient (Wildman–Crippen LogP) is 2.85. The maximum Gasteiger partial charge on any atom is 0.407 e. The van der Waals surface area contributed by atoms with Crippen molar-refractivity contribution >= 4 is 18.0 Å². The summed E-state index contributed by atoms with van der Waals surface area (Å²) in [5.74, 6) is -1.53. The van der Waals surface area contributed by atoms with Gasteiger partial charge >= 0.3 is 12.1 Å². The molecule has 8 heteroatoms. The second-order valence-electron chi connectivity index (χ2n) is 8.28. The van der Waals surface area contributed by atoms with Crippen molar-refractivity contribution in [2.75, 3.05) is 32.8 Å². The van der Waals surface area contributed by atoms with Gasteiger partial charge in [-0.25, -0.2) is 4.79 Å². The lowest BCUT2D eigenvalue weighted by atomic mass is 9.98. The van der Waals surface area contributed by atoms with Gasteiger partial charge in [0, 0.05) is 25.4 Å². The number of fused-ring (bicyclic) bond motifs is 3. The monoisotopic (exact) mass is 454 g/mol. The van der Waals surface area contributed by atoms with Crippen molar-refractivity contribution < 1.29 is 29.3 Å². The molecule has 1 aliphatic carbocycles. The number of alkyl carbamates (subject to hydrolysis) is 1. The SMILES string of the molecule is CC(CCNC(=O)OCC1c2ccccc2-c2ccccc21)CC(=O)N(CCO)CC(=O)O. The number of carbonyl (C=O) groups is 3. The summed E-state index contributed by atoms with van der Waals surface area (Å²) in [6, 6.07) is 16.3. The Morgan fingerprint density at radius 1 is 1.06 bits per heavy atom. The van der Waals surface area contributed by atoms with Crippen molar-refractivity contribution in [2.24, 2.45) is 5.92 Å². The van der Waals surface area contributed by atoms with Crippen LogP contribution >= 0.6 is 0 Å². The molecule has 8 nitrogen and oxygen atoms in total. The van der Waals surface area contributed by atoms with Crippen LogP contribution in [0.15, 0.2) is 48.5 Å². The van der Waals surface area contributed by atoms with Gasteiger partial charge < -0.3 is 25.2 Å². The van der Waals surface area contributed by atoms with Crippen LogP contribution in [0.3, 0.4) is 0 Å². The van der Waals surface area contributed by atoms with Crippen molar-refractivity contribution in [3.8, 4) is 11.1 Å². The van der Waals surface area contributed by atoms with E-state index in [1.807, 2.05) is 31.2 Å². The molecule has 1 unspecified atom stereocenters. The van der Waals surface area contributed by atoms with Gasteiger partial charge in [-0.15, -0.1) is 0 Å². The van der Waals surface area contributed by atoms with Crippen molar-refractivity contribution in [3.63, 3.8) is 0 Å². The zero-order valence-electron chi connectivity index (χ0n) is 18.7. The molecule has 0 spiro atoms. The number of aliphatic hydroxyl groups is 1. The van der Waals surface area contributed by atoms with Crippen LogP contribution in [-0.2, 0) is 14.3 Å². The highest BCUT2D eigenvalue weighted by molar-refractivity contribution is 5.81. The van der Waals surface area contributed by atoms with E-state index in [9.17, 15) is 14.4 Å². The maximum absolute atomic E-state index is 12.3. The Labute approximate surface area is 193 Å². The summed E-state index contributed by atoms with van der Waals surface area (Å²) < 4.78 is 5.50. The number of aliphatic hydroxyl groups excluding tert-OH is 1. The van der Waals surface area contributed by atoms with Gasteiger partial charge in [0.1, 0.15) is 13.2 Å². The van der Waals surface area contributed by atoms with E-state index < -0.39 is 18.6 Å². The summed E-state index contributed by atoms with van der Waals surface area (Å²) in [5, 5.41) is 20.6. The Balaban J connectivity index is 1.44. The average Bonchev–Trinajstić information content (AvgIpc) is 3.11. The first-order valence-corrected chi connectivity index (χ1v) is 11.1. The molecule has 0 saturated carbocycles. The van der Waals surface area contributed by atoms with Gasteiger partial charge in [-0.05, 0) is 34.6 Å². The Kier molecular flexibility index (Phi) is 8.43. The number of rotatable bonds is 11. The van der Waals surface area contributed by atoms with Gasteiger partial charge in [0.2, 0.25) is 5.91 Å². The highest BCUT2D eigenvalue weighted by Crippen LogP contribution is 2.44. The van der Waals surface area contributed by atoms with E-state index in [4.69, 9.17) is 14.9 Å². The molecule has 0 bridgehead atoms. The van der Waals surface area contributed by atoms with E-state index in [1.165, 1.54) is 11.1 Å². The summed E-state index contributed by atoms with van der Waals surface area (Å²) in [5.41, 5.74) is 4.62. The smallest absolute Gasteiger partial charge is 0.407 e. The molecule has 0 aliphatic heterocycles. The van der Waals surface area contributed by atoms with Gasteiger partial charge in [-0.1, -0.05) is 55.5 Å². The van der Waals surface area contributed by atoms with Crippen LogP contribution in [0, 0.1) is 5.92 Å². The predicted molar refractivity (Wildman–Crippen MR) is 123 cm³/mol. The fourth-order valence-electron chi connectivity index (χ4n) is 4.18. The average molecular weight is 455 g/mol. The lowest BCUT2D eigenvalue weighted by Gasteiger charge is -2.21. The van der Waals surface area contributed by atoms with Crippen LogP contribution in [0.1, 0.15) is 36.8 Å². The Bertz CT molecular complexity index is 947. The molecule has 176 valence electrons. The number of carboxylic acids is 1. The number of ether oxygens (including phenoxy) is 1. The van der Waals surface area contributed by atoms with Crippen LogP contribution in [-0.4, -0.2) is 65.9 Å². The first kappa shape index (κ1) is 24.3.